The van der Waals surface area contributed by atoms with Gasteiger partial charge in [0.15, 0.2) is 0 Å². The van der Waals surface area contributed by atoms with Crippen molar-refractivity contribution in [1.29, 1.82) is 0 Å². The Bertz CT molecular complexity index is 844. The number of likely N-dealkylation sites (tertiary alicyclic amines) is 1. The van der Waals surface area contributed by atoms with Crippen LogP contribution in [0.2, 0.25) is 0 Å². The molecular formula is C28H41ClN4O. The summed E-state index contributed by atoms with van der Waals surface area (Å²) in [5.74, 6) is 0.773. The second kappa shape index (κ2) is 12.9. The Hall–Kier alpha value is -1.66. The number of allylic oxidation sites excluding steroid dienone is 8. The first-order chi connectivity index (χ1) is 16.6. The molecule has 0 unspecified atom stereocenters. The minimum atomic E-state index is 0.193. The zero-order valence-electron chi connectivity index (χ0n) is 20.7. The van der Waals surface area contributed by atoms with E-state index in [9.17, 15) is 4.79 Å². The Kier molecular flexibility index (Phi) is 9.63. The topological polar surface area (TPSA) is 38.8 Å². The highest BCUT2D eigenvalue weighted by Crippen LogP contribution is 2.29. The van der Waals surface area contributed by atoms with Crippen LogP contribution in [0.3, 0.4) is 0 Å². The van der Waals surface area contributed by atoms with Crippen molar-refractivity contribution in [2.24, 2.45) is 5.92 Å². The molecular weight excluding hydrogens is 444 g/mol. The van der Waals surface area contributed by atoms with E-state index in [0.29, 0.717) is 19.0 Å². The molecule has 0 aromatic rings. The van der Waals surface area contributed by atoms with E-state index >= 15 is 0 Å². The van der Waals surface area contributed by atoms with Crippen LogP contribution in [0.5, 0.6) is 0 Å². The quantitative estimate of drug-likeness (QED) is 0.507. The maximum atomic E-state index is 13.5. The summed E-state index contributed by atoms with van der Waals surface area (Å²) < 4.78 is 0. The normalized spacial score (nSPS) is 24.7. The smallest absolute Gasteiger partial charge is 0.242 e. The third-order valence-electron chi connectivity index (χ3n) is 7.67. The van der Waals surface area contributed by atoms with Crippen LogP contribution in [0.1, 0.15) is 58.3 Å². The van der Waals surface area contributed by atoms with Crippen molar-refractivity contribution in [2.45, 2.75) is 64.3 Å². The summed E-state index contributed by atoms with van der Waals surface area (Å²) in [5.41, 5.74) is 5.89. The third-order valence-corrected chi connectivity index (χ3v) is 8.02. The lowest BCUT2D eigenvalue weighted by Gasteiger charge is -2.41. The van der Waals surface area contributed by atoms with E-state index in [0.717, 1.165) is 36.3 Å². The molecule has 0 atom stereocenters. The number of carbonyl (C=O) groups is 1. The van der Waals surface area contributed by atoms with Crippen LogP contribution in [0.15, 0.2) is 58.8 Å². The van der Waals surface area contributed by atoms with E-state index in [-0.39, 0.29) is 5.91 Å². The zero-order chi connectivity index (χ0) is 23.8. The van der Waals surface area contributed by atoms with Gasteiger partial charge >= 0.3 is 0 Å². The van der Waals surface area contributed by atoms with Crippen molar-refractivity contribution in [1.82, 2.24) is 20.2 Å². The van der Waals surface area contributed by atoms with Crippen molar-refractivity contribution >= 4 is 17.5 Å². The molecule has 34 heavy (non-hydrogen) atoms. The first-order valence-corrected chi connectivity index (χ1v) is 13.6. The van der Waals surface area contributed by atoms with Crippen molar-refractivity contribution < 1.29 is 4.79 Å². The molecule has 5 nitrogen and oxygen atoms in total. The molecule has 3 fully saturated rings. The number of nitrogens with one attached hydrogen (secondary N) is 1. The van der Waals surface area contributed by atoms with Crippen LogP contribution in [0.25, 0.3) is 0 Å². The lowest BCUT2D eigenvalue weighted by molar-refractivity contribution is -0.132. The fraction of sp³-hybridized carbons (Fsp3) is 0.607. The molecule has 4 aliphatic rings. The van der Waals surface area contributed by atoms with Crippen LogP contribution in [-0.4, -0.2) is 66.0 Å². The highest BCUT2D eigenvalue weighted by atomic mass is 35.5. The van der Waals surface area contributed by atoms with Gasteiger partial charge in [0.05, 0.1) is 6.54 Å². The number of halogens is 1. The molecule has 6 heteroatoms. The lowest BCUT2D eigenvalue weighted by Crippen LogP contribution is -2.50. The number of piperidine rings is 1. The number of rotatable bonds is 7. The van der Waals surface area contributed by atoms with E-state index in [1.807, 2.05) is 25.2 Å². The van der Waals surface area contributed by atoms with Gasteiger partial charge in [-0.05, 0) is 69.3 Å². The molecule has 2 saturated heterocycles. The van der Waals surface area contributed by atoms with E-state index in [4.69, 9.17) is 11.6 Å². The Morgan fingerprint density at radius 3 is 2.62 bits per heavy atom. The first kappa shape index (κ1) is 25.4. The summed E-state index contributed by atoms with van der Waals surface area (Å²) in [4.78, 5) is 18.3. The summed E-state index contributed by atoms with van der Waals surface area (Å²) in [6, 6.07) is 0.803. The molecule has 1 N–H and O–H groups in total. The van der Waals surface area contributed by atoms with E-state index in [1.54, 1.807) is 0 Å². The van der Waals surface area contributed by atoms with Crippen molar-refractivity contribution in [3.63, 3.8) is 0 Å². The molecule has 2 aliphatic heterocycles. The second-order valence-corrected chi connectivity index (χ2v) is 10.6. The average Bonchev–Trinajstić information content (AvgIpc) is 3.11. The monoisotopic (exact) mass is 484 g/mol. The van der Waals surface area contributed by atoms with Crippen LogP contribution in [-0.2, 0) is 4.79 Å². The van der Waals surface area contributed by atoms with Gasteiger partial charge < -0.3 is 9.80 Å². The van der Waals surface area contributed by atoms with Gasteiger partial charge in [0.25, 0.3) is 0 Å². The molecule has 2 bridgehead atoms. The van der Waals surface area contributed by atoms with E-state index in [1.165, 1.54) is 63.6 Å². The van der Waals surface area contributed by atoms with Gasteiger partial charge in [0.2, 0.25) is 5.91 Å². The minimum Gasteiger partial charge on any atom is -0.314 e. The molecule has 1 saturated carbocycles. The van der Waals surface area contributed by atoms with Crippen LogP contribution in [0.4, 0.5) is 0 Å². The average molecular weight is 485 g/mol. The Labute approximate surface area is 210 Å². The first-order valence-electron chi connectivity index (χ1n) is 13.2. The van der Waals surface area contributed by atoms with Crippen LogP contribution >= 0.6 is 11.6 Å². The van der Waals surface area contributed by atoms with E-state index < -0.39 is 0 Å². The SMILES string of the molecule is C/C=C(Cl)\C=C/CNN1CC(=O)N(CC2CCN(C3CCCCC3)CC2)C2=CC=CC=C(C2)C1. The van der Waals surface area contributed by atoms with Gasteiger partial charge in [0.1, 0.15) is 0 Å². The van der Waals surface area contributed by atoms with Crippen LogP contribution < -0.4 is 5.43 Å². The standard InChI is InChI=1S/C28H41ClN4O/c1-2-25(29)10-8-16-30-32-20-24-9-6-7-13-27(19-24)33(28(34)22-32)21-23-14-17-31(18-15-23)26-11-4-3-5-12-26/h2,6-10,13,23,26,30H,3-5,11-12,14-22H2,1H3/b10-8-,25-2+. The van der Waals surface area contributed by atoms with Gasteiger partial charge in [-0.15, -0.1) is 0 Å². The lowest BCUT2D eigenvalue weighted by atomic mass is 9.89. The number of fused-ring (bicyclic) bond motifs is 2. The Morgan fingerprint density at radius 2 is 1.85 bits per heavy atom. The molecule has 2 heterocycles. The fourth-order valence-electron chi connectivity index (χ4n) is 5.70. The Balaban J connectivity index is 1.37. The summed E-state index contributed by atoms with van der Waals surface area (Å²) in [6.45, 7) is 6.90. The van der Waals surface area contributed by atoms with Gasteiger partial charge in [-0.25, -0.2) is 5.01 Å². The number of hydrogen-bond donors (Lipinski definition) is 1. The number of nitrogens with zero attached hydrogens (tertiary/aromatic N) is 3. The van der Waals surface area contributed by atoms with Gasteiger partial charge in [-0.3, -0.25) is 10.2 Å². The highest BCUT2D eigenvalue weighted by Gasteiger charge is 2.31. The molecule has 186 valence electrons. The predicted octanol–water partition coefficient (Wildman–Crippen LogP) is 5.15. The minimum absolute atomic E-state index is 0.193. The van der Waals surface area contributed by atoms with Crippen molar-refractivity contribution in [3.8, 4) is 0 Å². The van der Waals surface area contributed by atoms with Crippen LogP contribution in [0, 0.1) is 5.92 Å². The summed E-state index contributed by atoms with van der Waals surface area (Å²) in [7, 11) is 0. The van der Waals surface area contributed by atoms with Crippen molar-refractivity contribution in [2.75, 3.05) is 39.3 Å². The molecule has 1 amide bonds. The van der Waals surface area contributed by atoms with Gasteiger partial charge in [-0.1, -0.05) is 61.2 Å². The molecule has 0 aromatic carbocycles. The molecule has 0 radical (unpaired) electrons. The number of amides is 1. The zero-order valence-corrected chi connectivity index (χ0v) is 21.5. The number of carbonyl (C=O) groups excluding carboxylic acids is 1. The maximum absolute atomic E-state index is 13.5. The number of hydrazine groups is 1. The predicted molar refractivity (Wildman–Crippen MR) is 141 cm³/mol. The molecule has 0 aromatic heterocycles. The summed E-state index contributed by atoms with van der Waals surface area (Å²) >= 11 is 6.06. The van der Waals surface area contributed by atoms with E-state index in [2.05, 4.69) is 44.5 Å². The largest absolute Gasteiger partial charge is 0.314 e. The Morgan fingerprint density at radius 1 is 1.09 bits per heavy atom. The number of hydrogen-bond acceptors (Lipinski definition) is 4. The maximum Gasteiger partial charge on any atom is 0.242 e. The summed E-state index contributed by atoms with van der Waals surface area (Å²) in [6.07, 6.45) is 24.5. The molecule has 4 rings (SSSR count). The van der Waals surface area contributed by atoms with Crippen molar-refractivity contribution in [3.05, 3.63) is 58.8 Å². The third kappa shape index (κ3) is 7.17. The second-order valence-electron chi connectivity index (χ2n) is 10.1. The van der Waals surface area contributed by atoms with Gasteiger partial charge in [0, 0.05) is 42.8 Å². The molecule has 0 spiro atoms. The van der Waals surface area contributed by atoms with Gasteiger partial charge in [-0.2, -0.15) is 0 Å². The molecule has 2 aliphatic carbocycles. The fourth-order valence-corrected chi connectivity index (χ4v) is 5.79. The highest BCUT2D eigenvalue weighted by molar-refractivity contribution is 6.31. The summed E-state index contributed by atoms with van der Waals surface area (Å²) in [5, 5.41) is 2.77.